The van der Waals surface area contributed by atoms with Crippen LogP contribution in [0.2, 0.25) is 0 Å². The molecular formula is C22H24N2O4S. The van der Waals surface area contributed by atoms with Crippen LogP contribution in [0.4, 0.5) is 10.7 Å². The van der Waals surface area contributed by atoms with Crippen molar-refractivity contribution in [1.82, 2.24) is 0 Å². The molecule has 2 aromatic rings. The van der Waals surface area contributed by atoms with Gasteiger partial charge in [-0.25, -0.2) is 4.79 Å². The van der Waals surface area contributed by atoms with Gasteiger partial charge in [0.1, 0.15) is 5.00 Å². The van der Waals surface area contributed by atoms with Crippen molar-refractivity contribution in [1.29, 1.82) is 0 Å². The molecule has 0 saturated heterocycles. The first-order valence-electron chi connectivity index (χ1n) is 9.84. The molecule has 29 heavy (non-hydrogen) atoms. The summed E-state index contributed by atoms with van der Waals surface area (Å²) in [5.74, 6) is -0.839. The maximum atomic E-state index is 12.8. The minimum Gasteiger partial charge on any atom is -0.452 e. The summed E-state index contributed by atoms with van der Waals surface area (Å²) in [5.41, 5.74) is 3.12. The van der Waals surface area contributed by atoms with Crippen molar-refractivity contribution in [2.75, 3.05) is 16.8 Å². The number of fused-ring (bicyclic) bond motifs is 1. The third kappa shape index (κ3) is 3.79. The van der Waals surface area contributed by atoms with Crippen LogP contribution in [0, 0.1) is 19.8 Å². The Labute approximate surface area is 173 Å². The Hall–Kier alpha value is -2.67. The molecule has 2 aliphatic rings. The standard InChI is InChI=1S/C22H24N2O4S/c1-12-10-16-6-4-5-7-17(16)24(12)18(25)11-28-22(27)19-13(2)14(3)29-21(19)23-20(26)15-8-9-15/h4-7,12,15H,8-11H2,1-3H3,(H,23,26)/t12-/m1/s1. The molecule has 1 atom stereocenters. The van der Waals surface area contributed by atoms with Gasteiger partial charge in [-0.2, -0.15) is 0 Å². The summed E-state index contributed by atoms with van der Waals surface area (Å²) >= 11 is 1.37. The average Bonchev–Trinajstić information content (AvgIpc) is 3.43. The molecule has 1 aliphatic carbocycles. The number of nitrogens with one attached hydrogen (secondary N) is 1. The zero-order valence-electron chi connectivity index (χ0n) is 16.8. The van der Waals surface area contributed by atoms with E-state index < -0.39 is 5.97 Å². The molecule has 1 aromatic carbocycles. The van der Waals surface area contributed by atoms with Crippen LogP contribution >= 0.6 is 11.3 Å². The second-order valence-electron chi connectivity index (χ2n) is 7.77. The normalized spacial score (nSPS) is 17.8. The highest BCUT2D eigenvalue weighted by atomic mass is 32.1. The first-order chi connectivity index (χ1) is 13.9. The van der Waals surface area contributed by atoms with E-state index in [1.165, 1.54) is 11.3 Å². The number of nitrogens with zero attached hydrogens (tertiary/aromatic N) is 1. The van der Waals surface area contributed by atoms with Gasteiger partial charge in [-0.1, -0.05) is 18.2 Å². The second-order valence-corrected chi connectivity index (χ2v) is 9.00. The molecule has 4 rings (SSSR count). The van der Waals surface area contributed by atoms with Crippen LogP contribution in [-0.2, 0) is 20.7 Å². The minimum atomic E-state index is -0.577. The molecule has 7 heteroatoms. The lowest BCUT2D eigenvalue weighted by Crippen LogP contribution is -2.38. The van der Waals surface area contributed by atoms with Crippen molar-refractivity contribution >= 4 is 39.8 Å². The summed E-state index contributed by atoms with van der Waals surface area (Å²) in [6.45, 7) is 5.38. The zero-order valence-corrected chi connectivity index (χ0v) is 17.6. The molecule has 0 radical (unpaired) electrons. The average molecular weight is 413 g/mol. The Morgan fingerprint density at radius 3 is 2.66 bits per heavy atom. The van der Waals surface area contributed by atoms with Crippen molar-refractivity contribution in [2.24, 2.45) is 5.92 Å². The number of hydrogen-bond donors (Lipinski definition) is 1. The van der Waals surface area contributed by atoms with Crippen LogP contribution in [-0.4, -0.2) is 30.4 Å². The number of thiophene rings is 1. The number of rotatable bonds is 5. The topological polar surface area (TPSA) is 75.7 Å². The van der Waals surface area contributed by atoms with Gasteiger partial charge >= 0.3 is 5.97 Å². The summed E-state index contributed by atoms with van der Waals surface area (Å²) < 4.78 is 5.38. The number of carbonyl (C=O) groups excluding carboxylic acids is 3. The van der Waals surface area contributed by atoms with Crippen LogP contribution in [0.5, 0.6) is 0 Å². The van der Waals surface area contributed by atoms with E-state index >= 15 is 0 Å². The number of benzene rings is 1. The first-order valence-corrected chi connectivity index (χ1v) is 10.7. The molecule has 0 bridgehead atoms. The number of anilines is 2. The number of para-hydroxylation sites is 1. The molecule has 152 valence electrons. The van der Waals surface area contributed by atoms with Gasteiger partial charge in [0.2, 0.25) is 5.91 Å². The summed E-state index contributed by atoms with van der Waals surface area (Å²) in [4.78, 5) is 40.3. The zero-order chi connectivity index (χ0) is 20.7. The number of hydrogen-bond acceptors (Lipinski definition) is 5. The van der Waals surface area contributed by atoms with Gasteiger partial charge in [0.25, 0.3) is 5.91 Å². The Balaban J connectivity index is 1.46. The van der Waals surface area contributed by atoms with E-state index in [0.29, 0.717) is 10.6 Å². The van der Waals surface area contributed by atoms with Crippen LogP contribution in [0.25, 0.3) is 0 Å². The summed E-state index contributed by atoms with van der Waals surface area (Å²) in [6.07, 6.45) is 2.56. The molecule has 1 N–H and O–H groups in total. The predicted octanol–water partition coefficient (Wildman–Crippen LogP) is 3.85. The van der Waals surface area contributed by atoms with Gasteiger partial charge in [-0.05, 0) is 57.2 Å². The number of aryl methyl sites for hydroxylation is 1. The summed E-state index contributed by atoms with van der Waals surface area (Å²) in [5, 5.41) is 3.37. The van der Waals surface area contributed by atoms with Gasteiger partial charge in [0.15, 0.2) is 6.61 Å². The van der Waals surface area contributed by atoms with Crippen molar-refractivity contribution < 1.29 is 19.1 Å². The van der Waals surface area contributed by atoms with Crippen molar-refractivity contribution in [3.05, 3.63) is 45.8 Å². The number of esters is 1. The number of amides is 2. The molecular weight excluding hydrogens is 388 g/mol. The van der Waals surface area contributed by atoms with Gasteiger partial charge in [-0.3, -0.25) is 9.59 Å². The summed E-state index contributed by atoms with van der Waals surface area (Å²) in [6, 6.07) is 7.80. The summed E-state index contributed by atoms with van der Waals surface area (Å²) in [7, 11) is 0. The Morgan fingerprint density at radius 1 is 1.21 bits per heavy atom. The Bertz CT molecular complexity index is 993. The number of ether oxygens (including phenoxy) is 1. The van der Waals surface area contributed by atoms with E-state index in [2.05, 4.69) is 5.32 Å². The molecule has 1 fully saturated rings. The van der Waals surface area contributed by atoms with E-state index in [-0.39, 0.29) is 30.4 Å². The SMILES string of the molecule is Cc1sc(NC(=O)C2CC2)c(C(=O)OCC(=O)N2c3ccccc3C[C@H]2C)c1C. The maximum absolute atomic E-state index is 12.8. The third-order valence-corrected chi connectivity index (χ3v) is 6.70. The predicted molar refractivity (Wildman–Crippen MR) is 113 cm³/mol. The second kappa shape index (κ2) is 7.63. The highest BCUT2D eigenvalue weighted by Crippen LogP contribution is 2.36. The van der Waals surface area contributed by atoms with Crippen LogP contribution in [0.15, 0.2) is 24.3 Å². The van der Waals surface area contributed by atoms with E-state index in [9.17, 15) is 14.4 Å². The fourth-order valence-electron chi connectivity index (χ4n) is 3.73. The molecule has 1 aromatic heterocycles. The van der Waals surface area contributed by atoms with Crippen LogP contribution < -0.4 is 10.2 Å². The molecule has 2 amide bonds. The largest absolute Gasteiger partial charge is 0.452 e. The smallest absolute Gasteiger partial charge is 0.341 e. The van der Waals surface area contributed by atoms with Crippen LogP contribution in [0.3, 0.4) is 0 Å². The monoisotopic (exact) mass is 412 g/mol. The molecule has 1 saturated carbocycles. The molecule has 6 nitrogen and oxygen atoms in total. The first kappa shape index (κ1) is 19.6. The van der Waals surface area contributed by atoms with E-state index in [4.69, 9.17) is 4.74 Å². The molecule has 0 spiro atoms. The van der Waals surface area contributed by atoms with Gasteiger partial charge < -0.3 is 15.0 Å². The third-order valence-electron chi connectivity index (χ3n) is 5.58. The maximum Gasteiger partial charge on any atom is 0.341 e. The Morgan fingerprint density at radius 2 is 1.93 bits per heavy atom. The van der Waals surface area contributed by atoms with E-state index in [1.54, 1.807) is 4.90 Å². The van der Waals surface area contributed by atoms with E-state index in [0.717, 1.165) is 41.0 Å². The molecule has 1 aliphatic heterocycles. The van der Waals surface area contributed by atoms with Crippen LogP contribution in [0.1, 0.15) is 46.1 Å². The highest BCUT2D eigenvalue weighted by Gasteiger charge is 2.33. The van der Waals surface area contributed by atoms with Gasteiger partial charge in [0.05, 0.1) is 5.56 Å². The van der Waals surface area contributed by atoms with Gasteiger partial charge in [-0.15, -0.1) is 11.3 Å². The molecule has 2 heterocycles. The minimum absolute atomic E-state index is 0.0251. The van der Waals surface area contributed by atoms with Crippen molar-refractivity contribution in [3.63, 3.8) is 0 Å². The van der Waals surface area contributed by atoms with Crippen molar-refractivity contribution in [2.45, 2.75) is 46.1 Å². The lowest BCUT2D eigenvalue weighted by molar-refractivity contribution is -0.122. The van der Waals surface area contributed by atoms with Crippen molar-refractivity contribution in [3.8, 4) is 0 Å². The fourth-order valence-corrected chi connectivity index (χ4v) is 4.79. The van der Waals surface area contributed by atoms with E-state index in [1.807, 2.05) is 45.0 Å². The Kier molecular flexibility index (Phi) is 5.17. The lowest BCUT2D eigenvalue weighted by Gasteiger charge is -2.22. The highest BCUT2D eigenvalue weighted by molar-refractivity contribution is 7.16. The quantitative estimate of drug-likeness (QED) is 0.757. The molecule has 0 unspecified atom stereocenters. The lowest BCUT2D eigenvalue weighted by atomic mass is 10.1. The van der Waals surface area contributed by atoms with Gasteiger partial charge in [0, 0.05) is 22.5 Å². The number of carbonyl (C=O) groups is 3. The fraction of sp³-hybridized carbons (Fsp3) is 0.409.